The highest BCUT2D eigenvalue weighted by Crippen LogP contribution is 2.15. The van der Waals surface area contributed by atoms with E-state index < -0.39 is 6.10 Å². The Hall–Kier alpha value is -2.89. The molecule has 0 aliphatic heterocycles. The van der Waals surface area contributed by atoms with Crippen molar-refractivity contribution >= 4 is 17.9 Å². The number of unbranched alkanes of at least 4 members (excludes halogenated alkanes) is 25. The number of rotatable bonds is 46. The van der Waals surface area contributed by atoms with Crippen LogP contribution in [0.2, 0.25) is 0 Å². The third-order valence-electron chi connectivity index (χ3n) is 11.0. The van der Waals surface area contributed by atoms with E-state index in [0.29, 0.717) is 19.3 Å². The van der Waals surface area contributed by atoms with Crippen molar-refractivity contribution in [2.24, 2.45) is 0 Å². The zero-order chi connectivity index (χ0) is 44.4. The molecule has 0 radical (unpaired) electrons. The van der Waals surface area contributed by atoms with Gasteiger partial charge in [-0.15, -0.1) is 0 Å². The maximum Gasteiger partial charge on any atom is 0.306 e. The minimum atomic E-state index is -0.782. The molecule has 0 amide bonds. The highest BCUT2D eigenvalue weighted by molar-refractivity contribution is 5.71. The smallest absolute Gasteiger partial charge is 0.306 e. The molecule has 0 fully saturated rings. The molecule has 1 unspecified atom stereocenters. The molecular weight excluding hydrogens is 757 g/mol. The normalized spacial score (nSPS) is 12.5. The van der Waals surface area contributed by atoms with Gasteiger partial charge in [0, 0.05) is 19.3 Å². The molecule has 1 atom stereocenters. The molecule has 0 aliphatic carbocycles. The minimum absolute atomic E-state index is 0.0815. The maximum absolute atomic E-state index is 12.8. The van der Waals surface area contributed by atoms with Crippen LogP contribution >= 0.6 is 0 Å². The second-order valence-electron chi connectivity index (χ2n) is 17.1. The zero-order valence-electron chi connectivity index (χ0n) is 40.2. The summed E-state index contributed by atoms with van der Waals surface area (Å²) in [7, 11) is 0. The van der Waals surface area contributed by atoms with Crippen LogP contribution < -0.4 is 0 Å². The van der Waals surface area contributed by atoms with Crippen LogP contribution in [-0.2, 0) is 28.6 Å². The fourth-order valence-corrected chi connectivity index (χ4v) is 7.17. The van der Waals surface area contributed by atoms with Gasteiger partial charge in [0.15, 0.2) is 6.10 Å². The Morgan fingerprint density at radius 3 is 1.00 bits per heavy atom. The zero-order valence-corrected chi connectivity index (χ0v) is 40.2. The average Bonchev–Trinajstić information content (AvgIpc) is 3.26. The molecule has 0 spiro atoms. The molecule has 0 heterocycles. The van der Waals surface area contributed by atoms with E-state index in [1.165, 1.54) is 116 Å². The number of carbonyl (C=O) groups is 3. The van der Waals surface area contributed by atoms with E-state index in [-0.39, 0.29) is 31.1 Å². The van der Waals surface area contributed by atoms with E-state index in [1.54, 1.807) is 0 Å². The molecule has 0 saturated heterocycles. The number of hydrogen-bond donors (Lipinski definition) is 0. The van der Waals surface area contributed by atoms with E-state index in [9.17, 15) is 14.4 Å². The van der Waals surface area contributed by atoms with Gasteiger partial charge in [0.05, 0.1) is 0 Å². The third kappa shape index (κ3) is 48.0. The molecule has 0 aromatic heterocycles. The molecule has 0 saturated carbocycles. The van der Waals surface area contributed by atoms with Gasteiger partial charge < -0.3 is 14.2 Å². The van der Waals surface area contributed by atoms with Crippen molar-refractivity contribution in [3.63, 3.8) is 0 Å². The average molecular weight is 853 g/mol. The molecule has 6 heteroatoms. The van der Waals surface area contributed by atoms with Crippen LogP contribution in [0.25, 0.3) is 0 Å². The van der Waals surface area contributed by atoms with Crippen molar-refractivity contribution < 1.29 is 28.6 Å². The predicted octanol–water partition coefficient (Wildman–Crippen LogP) is 16.9. The summed E-state index contributed by atoms with van der Waals surface area (Å²) in [6.07, 6.45) is 60.6. The second-order valence-corrected chi connectivity index (χ2v) is 17.1. The number of allylic oxidation sites excluding steroid dienone is 10. The molecule has 0 bridgehead atoms. The predicted molar refractivity (Wildman–Crippen MR) is 261 cm³/mol. The first-order chi connectivity index (χ1) is 30.0. The fourth-order valence-electron chi connectivity index (χ4n) is 7.17. The summed E-state index contributed by atoms with van der Waals surface area (Å²) in [5.41, 5.74) is 0. The van der Waals surface area contributed by atoms with Gasteiger partial charge >= 0.3 is 17.9 Å². The largest absolute Gasteiger partial charge is 0.462 e. The van der Waals surface area contributed by atoms with Crippen LogP contribution in [0, 0.1) is 0 Å². The van der Waals surface area contributed by atoms with Crippen molar-refractivity contribution in [1.29, 1.82) is 0 Å². The molecule has 0 aromatic rings. The maximum atomic E-state index is 12.8. The first-order valence-electron chi connectivity index (χ1n) is 25.8. The standard InChI is InChI=1S/C55H96O6/c1-4-7-10-13-16-19-22-25-26-27-28-29-30-31-34-36-39-42-45-48-54(57)60-51-52(61-55(58)49-46-43-40-37-33-24-21-18-15-12-9-6-3)50-59-53(56)47-44-41-38-35-32-23-20-17-14-11-8-5-2/h7,10,16,19,25-26,28-29,31,34,52H,4-6,8-9,11-15,17-18,20-24,27,30,32-33,35-51H2,1-3H3/b10-7-,19-16-,26-25-,29-28-,34-31-. The van der Waals surface area contributed by atoms with Crippen LogP contribution in [0.3, 0.4) is 0 Å². The molecule has 61 heavy (non-hydrogen) atoms. The number of hydrogen-bond acceptors (Lipinski definition) is 6. The Kier molecular flexibility index (Phi) is 47.4. The molecule has 352 valence electrons. The van der Waals surface area contributed by atoms with Gasteiger partial charge in [0.25, 0.3) is 0 Å². The lowest BCUT2D eigenvalue weighted by Crippen LogP contribution is -2.30. The van der Waals surface area contributed by atoms with E-state index in [0.717, 1.165) is 96.3 Å². The lowest BCUT2D eigenvalue weighted by atomic mass is 10.0. The first kappa shape index (κ1) is 58.1. The van der Waals surface area contributed by atoms with Gasteiger partial charge in [-0.2, -0.15) is 0 Å². The summed E-state index contributed by atoms with van der Waals surface area (Å²) in [6.45, 7) is 6.50. The van der Waals surface area contributed by atoms with Gasteiger partial charge in [0.2, 0.25) is 0 Å². The van der Waals surface area contributed by atoms with Crippen molar-refractivity contribution in [1.82, 2.24) is 0 Å². The molecular formula is C55H96O6. The summed E-state index contributed by atoms with van der Waals surface area (Å²) in [5, 5.41) is 0. The lowest BCUT2D eigenvalue weighted by molar-refractivity contribution is -0.167. The van der Waals surface area contributed by atoms with Crippen molar-refractivity contribution in [2.45, 2.75) is 258 Å². The highest BCUT2D eigenvalue weighted by Gasteiger charge is 2.19. The Bertz CT molecular complexity index is 1120. The summed E-state index contributed by atoms with van der Waals surface area (Å²) in [4.78, 5) is 37.9. The Labute approximate surface area is 377 Å². The number of carbonyl (C=O) groups excluding carboxylic acids is 3. The van der Waals surface area contributed by atoms with E-state index in [4.69, 9.17) is 14.2 Å². The van der Waals surface area contributed by atoms with E-state index in [2.05, 4.69) is 81.5 Å². The van der Waals surface area contributed by atoms with Crippen molar-refractivity contribution in [2.75, 3.05) is 13.2 Å². The monoisotopic (exact) mass is 853 g/mol. The highest BCUT2D eigenvalue weighted by atomic mass is 16.6. The summed E-state index contributed by atoms with van der Waals surface area (Å²) in [5.74, 6) is -0.909. The van der Waals surface area contributed by atoms with Crippen LogP contribution in [0.1, 0.15) is 252 Å². The summed E-state index contributed by atoms with van der Waals surface area (Å²) < 4.78 is 16.8. The van der Waals surface area contributed by atoms with E-state index in [1.807, 2.05) is 0 Å². The van der Waals surface area contributed by atoms with Crippen LogP contribution in [-0.4, -0.2) is 37.2 Å². The second kappa shape index (κ2) is 49.8. The van der Waals surface area contributed by atoms with Gasteiger partial charge in [0.1, 0.15) is 13.2 Å². The van der Waals surface area contributed by atoms with Crippen LogP contribution in [0.15, 0.2) is 60.8 Å². The lowest BCUT2D eigenvalue weighted by Gasteiger charge is -2.18. The van der Waals surface area contributed by atoms with Crippen molar-refractivity contribution in [3.05, 3.63) is 60.8 Å². The molecule has 0 N–H and O–H groups in total. The summed E-state index contributed by atoms with van der Waals surface area (Å²) >= 11 is 0. The SMILES string of the molecule is CC/C=C\C/C=C\C/C=C\C/C=C\C/C=C\CCCCCC(=O)OCC(COC(=O)CCCCCCCCCCCCCC)OC(=O)CCCCCCCCCCCCCC. The molecule has 0 aromatic carbocycles. The Morgan fingerprint density at radius 1 is 0.344 bits per heavy atom. The van der Waals surface area contributed by atoms with Crippen LogP contribution in [0.4, 0.5) is 0 Å². The number of ether oxygens (including phenoxy) is 3. The van der Waals surface area contributed by atoms with Gasteiger partial charge in [-0.05, 0) is 64.2 Å². The molecule has 6 nitrogen and oxygen atoms in total. The Balaban J connectivity index is 4.40. The Morgan fingerprint density at radius 2 is 0.639 bits per heavy atom. The molecule has 0 rings (SSSR count). The number of esters is 3. The quantitative estimate of drug-likeness (QED) is 0.0263. The topological polar surface area (TPSA) is 78.9 Å². The third-order valence-corrected chi connectivity index (χ3v) is 11.0. The van der Waals surface area contributed by atoms with Gasteiger partial charge in [-0.25, -0.2) is 0 Å². The molecule has 0 aliphatic rings. The van der Waals surface area contributed by atoms with E-state index >= 15 is 0 Å². The minimum Gasteiger partial charge on any atom is -0.462 e. The van der Waals surface area contributed by atoms with Crippen LogP contribution in [0.5, 0.6) is 0 Å². The fraction of sp³-hybridized carbons (Fsp3) is 0.764. The first-order valence-corrected chi connectivity index (χ1v) is 25.8. The van der Waals surface area contributed by atoms with Crippen molar-refractivity contribution in [3.8, 4) is 0 Å². The van der Waals surface area contributed by atoms with Gasteiger partial charge in [-0.3, -0.25) is 14.4 Å². The summed E-state index contributed by atoms with van der Waals surface area (Å²) in [6, 6.07) is 0. The van der Waals surface area contributed by atoms with Gasteiger partial charge in [-0.1, -0.05) is 229 Å².